The molecule has 2 rings (SSSR count). The van der Waals surface area contributed by atoms with Crippen molar-refractivity contribution in [1.82, 2.24) is 9.88 Å². The fourth-order valence-electron chi connectivity index (χ4n) is 2.99. The lowest BCUT2D eigenvalue weighted by atomic mass is 9.79. The van der Waals surface area contributed by atoms with Crippen molar-refractivity contribution < 1.29 is 4.79 Å². The van der Waals surface area contributed by atoms with Gasteiger partial charge in [0.05, 0.1) is 0 Å². The van der Waals surface area contributed by atoms with Crippen LogP contribution in [0.4, 0.5) is 0 Å². The van der Waals surface area contributed by atoms with Crippen molar-refractivity contribution in [1.29, 1.82) is 0 Å². The molecular weight excluding hydrogens is 236 g/mol. The summed E-state index contributed by atoms with van der Waals surface area (Å²) in [5.74, 6) is 1.44. The highest BCUT2D eigenvalue weighted by atomic mass is 16.1. The monoisotopic (exact) mass is 260 g/mol. The number of carbonyl (C=O) groups excluding carboxylic acids is 1. The molecule has 0 spiro atoms. The van der Waals surface area contributed by atoms with Crippen LogP contribution < -0.4 is 0 Å². The molecule has 3 nitrogen and oxygen atoms in total. The molecule has 0 N–H and O–H groups in total. The number of aromatic nitrogens is 1. The van der Waals surface area contributed by atoms with Gasteiger partial charge in [-0.25, -0.2) is 0 Å². The van der Waals surface area contributed by atoms with Gasteiger partial charge in [-0.1, -0.05) is 19.4 Å². The van der Waals surface area contributed by atoms with Crippen molar-refractivity contribution in [3.8, 4) is 0 Å². The van der Waals surface area contributed by atoms with Crippen LogP contribution in [-0.2, 0) is 11.3 Å². The number of Topliss-reactive ketones (excluding diaryl/α,β-unsaturated/α-hetero) is 1. The molecule has 3 heteroatoms. The standard InChI is InChI=1S/C16H24N2O/c1-3-13-6-7-16(19)15(9-13)12-18(2)11-14-5-4-8-17-10-14/h4-5,8,10,13,15H,3,6-7,9,11-12H2,1-2H3. The van der Waals surface area contributed by atoms with Crippen LogP contribution in [0.5, 0.6) is 0 Å². The number of carbonyl (C=O) groups is 1. The number of nitrogens with zero attached hydrogens (tertiary/aromatic N) is 2. The van der Waals surface area contributed by atoms with Gasteiger partial charge in [-0.15, -0.1) is 0 Å². The van der Waals surface area contributed by atoms with Crippen LogP contribution in [0.2, 0.25) is 0 Å². The molecule has 0 aliphatic heterocycles. The molecule has 0 aromatic carbocycles. The molecular formula is C16H24N2O. The number of rotatable bonds is 5. The van der Waals surface area contributed by atoms with Crippen LogP contribution >= 0.6 is 0 Å². The lowest BCUT2D eigenvalue weighted by molar-refractivity contribution is -0.126. The van der Waals surface area contributed by atoms with Gasteiger partial charge in [-0.3, -0.25) is 9.78 Å². The minimum absolute atomic E-state index is 0.236. The summed E-state index contributed by atoms with van der Waals surface area (Å²) in [6.45, 7) is 3.98. The number of hydrogen-bond donors (Lipinski definition) is 0. The Morgan fingerprint density at radius 3 is 3.00 bits per heavy atom. The number of pyridine rings is 1. The smallest absolute Gasteiger partial charge is 0.137 e. The average Bonchev–Trinajstić information content (AvgIpc) is 2.42. The van der Waals surface area contributed by atoms with Gasteiger partial charge in [0.15, 0.2) is 0 Å². The van der Waals surface area contributed by atoms with Gasteiger partial charge in [0.2, 0.25) is 0 Å². The van der Waals surface area contributed by atoms with Crippen LogP contribution in [0, 0.1) is 11.8 Å². The van der Waals surface area contributed by atoms with Gasteiger partial charge >= 0.3 is 0 Å². The van der Waals surface area contributed by atoms with E-state index in [0.717, 1.165) is 38.3 Å². The van der Waals surface area contributed by atoms with Gasteiger partial charge in [-0.05, 0) is 37.4 Å². The van der Waals surface area contributed by atoms with Crippen LogP contribution in [0.1, 0.15) is 38.2 Å². The fraction of sp³-hybridized carbons (Fsp3) is 0.625. The van der Waals surface area contributed by atoms with Crippen LogP contribution in [-0.4, -0.2) is 29.3 Å². The van der Waals surface area contributed by atoms with E-state index in [9.17, 15) is 4.79 Å². The molecule has 104 valence electrons. The molecule has 0 bridgehead atoms. The molecule has 0 radical (unpaired) electrons. The highest BCUT2D eigenvalue weighted by molar-refractivity contribution is 5.81. The Balaban J connectivity index is 1.87. The van der Waals surface area contributed by atoms with E-state index in [1.165, 1.54) is 12.0 Å². The predicted octanol–water partition coefficient (Wildman–Crippen LogP) is 2.91. The van der Waals surface area contributed by atoms with Gasteiger partial charge in [0.25, 0.3) is 0 Å². The van der Waals surface area contributed by atoms with E-state index in [4.69, 9.17) is 0 Å². The number of ketones is 1. The third kappa shape index (κ3) is 4.13. The van der Waals surface area contributed by atoms with E-state index in [1.807, 2.05) is 12.3 Å². The summed E-state index contributed by atoms with van der Waals surface area (Å²) in [7, 11) is 2.09. The molecule has 1 saturated carbocycles. The molecule has 0 amide bonds. The highest BCUT2D eigenvalue weighted by Gasteiger charge is 2.28. The largest absolute Gasteiger partial charge is 0.301 e. The maximum atomic E-state index is 12.0. The molecule has 0 saturated heterocycles. The normalized spacial score (nSPS) is 23.8. The van der Waals surface area contributed by atoms with Crippen molar-refractivity contribution in [3.05, 3.63) is 30.1 Å². The molecule has 2 unspecified atom stereocenters. The maximum absolute atomic E-state index is 12.0. The Kier molecular flexibility index (Phi) is 5.08. The minimum Gasteiger partial charge on any atom is -0.301 e. The van der Waals surface area contributed by atoms with Gasteiger partial charge < -0.3 is 4.90 Å². The van der Waals surface area contributed by atoms with Crippen molar-refractivity contribution in [2.45, 2.75) is 39.2 Å². The summed E-state index contributed by atoms with van der Waals surface area (Å²) in [5, 5.41) is 0. The second kappa shape index (κ2) is 6.80. The topological polar surface area (TPSA) is 33.2 Å². The highest BCUT2D eigenvalue weighted by Crippen LogP contribution is 2.29. The van der Waals surface area contributed by atoms with E-state index in [-0.39, 0.29) is 5.92 Å². The fourth-order valence-corrected chi connectivity index (χ4v) is 2.99. The first-order valence-corrected chi connectivity index (χ1v) is 7.29. The molecule has 19 heavy (non-hydrogen) atoms. The molecule has 1 aromatic heterocycles. The second-order valence-corrected chi connectivity index (χ2v) is 5.77. The zero-order chi connectivity index (χ0) is 13.7. The third-order valence-corrected chi connectivity index (χ3v) is 4.16. The Morgan fingerprint density at radius 2 is 2.32 bits per heavy atom. The molecule has 1 fully saturated rings. The number of hydrogen-bond acceptors (Lipinski definition) is 3. The Bertz CT molecular complexity index is 404. The van der Waals surface area contributed by atoms with Crippen molar-refractivity contribution in [2.75, 3.05) is 13.6 Å². The third-order valence-electron chi connectivity index (χ3n) is 4.16. The zero-order valence-electron chi connectivity index (χ0n) is 12.0. The second-order valence-electron chi connectivity index (χ2n) is 5.77. The Labute approximate surface area is 116 Å². The minimum atomic E-state index is 0.236. The van der Waals surface area contributed by atoms with Gasteiger partial charge in [0, 0.05) is 37.8 Å². The first-order valence-electron chi connectivity index (χ1n) is 7.29. The molecule has 2 atom stereocenters. The zero-order valence-corrected chi connectivity index (χ0v) is 12.0. The summed E-state index contributed by atoms with van der Waals surface area (Å²) in [5.41, 5.74) is 1.21. The van der Waals surface area contributed by atoms with E-state index >= 15 is 0 Å². The van der Waals surface area contributed by atoms with Gasteiger partial charge in [0.1, 0.15) is 5.78 Å². The summed E-state index contributed by atoms with van der Waals surface area (Å²) < 4.78 is 0. The molecule has 1 heterocycles. The summed E-state index contributed by atoms with van der Waals surface area (Å²) in [6, 6.07) is 4.04. The SMILES string of the molecule is CCC1CCC(=O)C(CN(C)Cc2cccnc2)C1. The first kappa shape index (κ1) is 14.2. The van der Waals surface area contributed by atoms with Crippen molar-refractivity contribution in [2.24, 2.45) is 11.8 Å². The summed E-state index contributed by atoms with van der Waals surface area (Å²) in [4.78, 5) is 18.4. The van der Waals surface area contributed by atoms with Crippen LogP contribution in [0.3, 0.4) is 0 Å². The summed E-state index contributed by atoms with van der Waals surface area (Å²) in [6.07, 6.45) is 7.85. The molecule has 1 aromatic rings. The van der Waals surface area contributed by atoms with E-state index < -0.39 is 0 Å². The van der Waals surface area contributed by atoms with E-state index in [0.29, 0.717) is 5.78 Å². The average molecular weight is 260 g/mol. The van der Waals surface area contributed by atoms with Gasteiger partial charge in [-0.2, -0.15) is 0 Å². The molecule has 1 aliphatic carbocycles. The Hall–Kier alpha value is -1.22. The quantitative estimate of drug-likeness (QED) is 0.816. The first-order chi connectivity index (χ1) is 9.19. The van der Waals surface area contributed by atoms with Crippen LogP contribution in [0.25, 0.3) is 0 Å². The van der Waals surface area contributed by atoms with Crippen LogP contribution in [0.15, 0.2) is 24.5 Å². The van der Waals surface area contributed by atoms with E-state index in [2.05, 4.69) is 29.9 Å². The lowest BCUT2D eigenvalue weighted by Crippen LogP contribution is -2.34. The summed E-state index contributed by atoms with van der Waals surface area (Å²) >= 11 is 0. The predicted molar refractivity (Wildman–Crippen MR) is 76.7 cm³/mol. The molecule has 1 aliphatic rings. The maximum Gasteiger partial charge on any atom is 0.137 e. The van der Waals surface area contributed by atoms with Crippen molar-refractivity contribution in [3.63, 3.8) is 0 Å². The van der Waals surface area contributed by atoms with E-state index in [1.54, 1.807) is 6.20 Å². The van der Waals surface area contributed by atoms with Crippen molar-refractivity contribution >= 4 is 5.78 Å². The lowest BCUT2D eigenvalue weighted by Gasteiger charge is -2.30. The Morgan fingerprint density at radius 1 is 1.47 bits per heavy atom.